The van der Waals surface area contributed by atoms with E-state index in [9.17, 15) is 9.90 Å². The predicted molar refractivity (Wildman–Crippen MR) is 57.3 cm³/mol. The summed E-state index contributed by atoms with van der Waals surface area (Å²) in [4.78, 5) is 10.8. The number of carboxylic acid groups (broad SMARTS) is 1. The summed E-state index contributed by atoms with van der Waals surface area (Å²) in [6.45, 7) is -0.117. The van der Waals surface area contributed by atoms with Gasteiger partial charge in [-0.15, -0.1) is 0 Å². The van der Waals surface area contributed by atoms with Gasteiger partial charge in [0.15, 0.2) is 6.10 Å². The number of rotatable bonds is 2. The molecule has 0 aliphatic carbocycles. The molecule has 1 aliphatic rings. The molecule has 5 nitrogen and oxygen atoms in total. The Bertz CT molecular complexity index is 494. The third kappa shape index (κ3) is 1.83. The Morgan fingerprint density at radius 2 is 2.24 bits per heavy atom. The van der Waals surface area contributed by atoms with Crippen LogP contribution in [0.15, 0.2) is 24.3 Å². The summed E-state index contributed by atoms with van der Waals surface area (Å²) in [7, 11) is 0. The van der Waals surface area contributed by atoms with E-state index in [-0.39, 0.29) is 13.0 Å². The van der Waals surface area contributed by atoms with Crippen LogP contribution >= 0.6 is 0 Å². The molecule has 1 heterocycles. The van der Waals surface area contributed by atoms with Crippen LogP contribution in [0, 0.1) is 16.7 Å². The lowest BCUT2D eigenvalue weighted by Gasteiger charge is -2.33. The number of hydrogen-bond donors (Lipinski definition) is 2. The summed E-state index contributed by atoms with van der Waals surface area (Å²) in [6.07, 6.45) is -1.58. The zero-order valence-corrected chi connectivity index (χ0v) is 8.96. The van der Waals surface area contributed by atoms with Crippen molar-refractivity contribution in [2.75, 3.05) is 6.61 Å². The van der Waals surface area contributed by atoms with Crippen molar-refractivity contribution in [3.63, 3.8) is 0 Å². The van der Waals surface area contributed by atoms with E-state index in [2.05, 4.69) is 0 Å². The molecule has 0 bridgehead atoms. The molecule has 1 aromatic carbocycles. The van der Waals surface area contributed by atoms with Crippen molar-refractivity contribution in [1.82, 2.24) is 0 Å². The number of fused-ring (bicyclic) bond motifs is 1. The van der Waals surface area contributed by atoms with Crippen LogP contribution in [0.4, 0.5) is 0 Å². The van der Waals surface area contributed by atoms with E-state index in [0.29, 0.717) is 5.75 Å². The van der Waals surface area contributed by atoms with Gasteiger partial charge in [0.25, 0.3) is 0 Å². The quantitative estimate of drug-likeness (QED) is 0.779. The maximum absolute atomic E-state index is 10.8. The summed E-state index contributed by atoms with van der Waals surface area (Å²) < 4.78 is 5.36. The molecule has 0 amide bonds. The van der Waals surface area contributed by atoms with E-state index in [4.69, 9.17) is 15.1 Å². The number of benzene rings is 1. The third-order valence-electron chi connectivity index (χ3n) is 2.94. The van der Waals surface area contributed by atoms with Gasteiger partial charge >= 0.3 is 5.97 Å². The average molecular weight is 233 g/mol. The molecule has 2 N–H and O–H groups in total. The van der Waals surface area contributed by atoms with Crippen molar-refractivity contribution in [2.45, 2.75) is 12.5 Å². The zero-order valence-electron chi connectivity index (χ0n) is 8.96. The first kappa shape index (κ1) is 11.4. The summed E-state index contributed by atoms with van der Waals surface area (Å²) >= 11 is 0. The molecule has 88 valence electrons. The highest BCUT2D eigenvalue weighted by atomic mass is 16.5. The second-order valence-corrected chi connectivity index (χ2v) is 4.08. The largest absolute Gasteiger partial charge is 0.492 e. The van der Waals surface area contributed by atoms with Crippen LogP contribution in [0.25, 0.3) is 0 Å². The zero-order chi connectivity index (χ0) is 12.5. The Balaban J connectivity index is 2.36. The van der Waals surface area contributed by atoms with Crippen LogP contribution in [0.5, 0.6) is 5.75 Å². The topological polar surface area (TPSA) is 90.5 Å². The van der Waals surface area contributed by atoms with Gasteiger partial charge in [-0.1, -0.05) is 18.2 Å². The number of para-hydroxylation sites is 1. The SMILES string of the molecule is N#CC1(C(O)C(=O)O)COc2ccccc2C1. The fourth-order valence-corrected chi connectivity index (χ4v) is 1.93. The van der Waals surface area contributed by atoms with E-state index in [1.54, 1.807) is 24.3 Å². The minimum atomic E-state index is -1.75. The first-order chi connectivity index (χ1) is 8.09. The molecule has 1 aliphatic heterocycles. The molecule has 2 rings (SSSR count). The molecule has 2 unspecified atom stereocenters. The smallest absolute Gasteiger partial charge is 0.334 e. The molecule has 1 aromatic rings. The molecule has 0 fully saturated rings. The van der Waals surface area contributed by atoms with Gasteiger partial charge in [-0.3, -0.25) is 0 Å². The highest BCUT2D eigenvalue weighted by Gasteiger charge is 2.46. The fourth-order valence-electron chi connectivity index (χ4n) is 1.93. The monoisotopic (exact) mass is 233 g/mol. The average Bonchev–Trinajstić information content (AvgIpc) is 2.37. The van der Waals surface area contributed by atoms with Crippen molar-refractivity contribution in [1.29, 1.82) is 5.26 Å². The number of carbonyl (C=O) groups is 1. The fraction of sp³-hybridized carbons (Fsp3) is 0.333. The van der Waals surface area contributed by atoms with Gasteiger partial charge in [-0.25, -0.2) is 4.79 Å². The standard InChI is InChI=1S/C12H11NO4/c13-6-12(10(14)11(15)16)5-8-3-1-2-4-9(8)17-7-12/h1-4,10,14H,5,7H2,(H,15,16). The Morgan fingerprint density at radius 1 is 1.53 bits per heavy atom. The van der Waals surface area contributed by atoms with E-state index in [1.165, 1.54) is 0 Å². The molecule has 2 atom stereocenters. The summed E-state index contributed by atoms with van der Waals surface area (Å²) in [5, 5.41) is 27.6. The molecule has 0 saturated carbocycles. The van der Waals surface area contributed by atoms with Crippen LogP contribution in [-0.4, -0.2) is 28.9 Å². The number of nitrogens with zero attached hydrogens (tertiary/aromatic N) is 1. The van der Waals surface area contributed by atoms with Crippen LogP contribution in [0.3, 0.4) is 0 Å². The van der Waals surface area contributed by atoms with E-state index < -0.39 is 17.5 Å². The van der Waals surface area contributed by atoms with Crippen LogP contribution < -0.4 is 4.74 Å². The van der Waals surface area contributed by atoms with Crippen molar-refractivity contribution in [3.8, 4) is 11.8 Å². The maximum atomic E-state index is 10.8. The minimum Gasteiger partial charge on any atom is -0.492 e. The second-order valence-electron chi connectivity index (χ2n) is 4.08. The summed E-state index contributed by atoms with van der Waals surface area (Å²) in [6, 6.07) is 8.97. The summed E-state index contributed by atoms with van der Waals surface area (Å²) in [5.41, 5.74) is -0.680. The van der Waals surface area contributed by atoms with Crippen LogP contribution in [0.1, 0.15) is 5.56 Å². The number of aliphatic carboxylic acids is 1. The van der Waals surface area contributed by atoms with Crippen molar-refractivity contribution < 1.29 is 19.7 Å². The van der Waals surface area contributed by atoms with E-state index in [0.717, 1.165) is 5.56 Å². The van der Waals surface area contributed by atoms with Gasteiger partial charge in [-0.2, -0.15) is 5.26 Å². The Hall–Kier alpha value is -2.06. The molecule has 5 heteroatoms. The molecule has 0 radical (unpaired) electrons. The lowest BCUT2D eigenvalue weighted by atomic mass is 9.77. The number of aliphatic hydroxyl groups is 1. The van der Waals surface area contributed by atoms with E-state index in [1.807, 2.05) is 6.07 Å². The summed E-state index contributed by atoms with van der Waals surface area (Å²) in [5.74, 6) is -0.773. The Labute approximate surface area is 97.9 Å². The Morgan fingerprint density at radius 3 is 2.88 bits per heavy atom. The third-order valence-corrected chi connectivity index (χ3v) is 2.94. The highest BCUT2D eigenvalue weighted by molar-refractivity contribution is 5.74. The lowest BCUT2D eigenvalue weighted by Crippen LogP contribution is -2.47. The number of ether oxygens (including phenoxy) is 1. The molecular formula is C12H11NO4. The van der Waals surface area contributed by atoms with Gasteiger partial charge < -0.3 is 14.9 Å². The van der Waals surface area contributed by atoms with E-state index >= 15 is 0 Å². The number of nitriles is 1. The van der Waals surface area contributed by atoms with Crippen LogP contribution in [-0.2, 0) is 11.2 Å². The normalized spacial score (nSPS) is 24.0. The first-order valence-corrected chi connectivity index (χ1v) is 5.12. The van der Waals surface area contributed by atoms with Gasteiger partial charge in [0, 0.05) is 6.42 Å². The van der Waals surface area contributed by atoms with Crippen molar-refractivity contribution >= 4 is 5.97 Å². The maximum Gasteiger partial charge on any atom is 0.334 e. The highest BCUT2D eigenvalue weighted by Crippen LogP contribution is 2.36. The minimum absolute atomic E-state index is 0.117. The van der Waals surface area contributed by atoms with Crippen LogP contribution in [0.2, 0.25) is 0 Å². The molecular weight excluding hydrogens is 222 g/mol. The number of aliphatic hydroxyl groups excluding tert-OH is 1. The molecule has 0 spiro atoms. The molecule has 0 saturated heterocycles. The van der Waals surface area contributed by atoms with Crippen molar-refractivity contribution in [2.24, 2.45) is 5.41 Å². The van der Waals surface area contributed by atoms with Gasteiger partial charge in [-0.05, 0) is 11.6 Å². The predicted octanol–water partition coefficient (Wildman–Crippen LogP) is 0.577. The molecule has 17 heavy (non-hydrogen) atoms. The van der Waals surface area contributed by atoms with Crippen molar-refractivity contribution in [3.05, 3.63) is 29.8 Å². The lowest BCUT2D eigenvalue weighted by molar-refractivity contribution is -0.153. The van der Waals surface area contributed by atoms with Gasteiger partial charge in [0.05, 0.1) is 6.07 Å². The van der Waals surface area contributed by atoms with Gasteiger partial charge in [0.1, 0.15) is 17.8 Å². The number of carboxylic acids is 1. The second kappa shape index (κ2) is 4.07. The Kier molecular flexibility index (Phi) is 2.74. The molecule has 0 aromatic heterocycles. The first-order valence-electron chi connectivity index (χ1n) is 5.12. The number of hydrogen-bond acceptors (Lipinski definition) is 4. The van der Waals surface area contributed by atoms with Gasteiger partial charge in [0.2, 0.25) is 0 Å².